The molecule has 0 aliphatic heterocycles. The van der Waals surface area contributed by atoms with E-state index in [-0.39, 0.29) is 11.2 Å². The van der Waals surface area contributed by atoms with Crippen molar-refractivity contribution in [1.29, 1.82) is 0 Å². The smallest absolute Gasteiger partial charge is 0.271 e. The van der Waals surface area contributed by atoms with Crippen LogP contribution in [0.1, 0.15) is 0 Å². The van der Waals surface area contributed by atoms with Crippen molar-refractivity contribution in [3.63, 3.8) is 0 Å². The van der Waals surface area contributed by atoms with Crippen molar-refractivity contribution in [2.75, 3.05) is 5.33 Å². The largest absolute Gasteiger partial charge is 0.335 e. The van der Waals surface area contributed by atoms with E-state index < -0.39 is 9.96 Å². The summed E-state index contributed by atoms with van der Waals surface area (Å²) in [5.41, 5.74) is 6.58. The van der Waals surface area contributed by atoms with Gasteiger partial charge in [-0.05, 0) is 22.6 Å². The lowest BCUT2D eigenvalue weighted by Crippen LogP contribution is -2.37. The first-order valence-corrected chi connectivity index (χ1v) is 4.69. The van der Waals surface area contributed by atoms with E-state index in [1.165, 1.54) is 0 Å². The first-order valence-electron chi connectivity index (χ1n) is 2.32. The van der Waals surface area contributed by atoms with Gasteiger partial charge in [0.1, 0.15) is 0 Å². The zero-order valence-corrected chi connectivity index (χ0v) is 8.60. The van der Waals surface area contributed by atoms with E-state index in [0.717, 1.165) is 0 Å². The number of carbonyl (C=O) groups excluding carboxylic acids is 2. The Labute approximate surface area is 80.2 Å². The summed E-state index contributed by atoms with van der Waals surface area (Å²) < 4.78 is -0.734. The maximum atomic E-state index is 10.5. The second kappa shape index (κ2) is 4.89. The molecule has 0 spiro atoms. The van der Waals surface area contributed by atoms with Crippen molar-refractivity contribution < 1.29 is 9.59 Å². The molecule has 0 aromatic rings. The van der Waals surface area contributed by atoms with Crippen LogP contribution in [0.15, 0.2) is 0 Å². The Morgan fingerprint density at radius 1 is 1.70 bits per heavy atom. The Kier molecular flexibility index (Phi) is 4.96. The fraction of sp³-hybridized carbons (Fsp3) is 0.500. The number of alkyl halides is 2. The summed E-state index contributed by atoms with van der Waals surface area (Å²) in [5, 5.41) is 2.45. The maximum Gasteiger partial charge on any atom is 0.271 e. The van der Waals surface area contributed by atoms with Crippen LogP contribution in [0.3, 0.4) is 0 Å². The molecule has 0 heterocycles. The van der Waals surface area contributed by atoms with Gasteiger partial charge in [-0.1, -0.05) is 15.9 Å². The number of hydrogen-bond donors (Lipinski definition) is 1. The molecule has 6 heteroatoms. The second-order valence-corrected chi connectivity index (χ2v) is 3.23. The fourth-order valence-corrected chi connectivity index (χ4v) is 0.755. The lowest BCUT2D eigenvalue weighted by atomic mass is 10.6. The van der Waals surface area contributed by atoms with Gasteiger partial charge in [0.2, 0.25) is 5.91 Å². The minimum absolute atomic E-state index is 0.153. The van der Waals surface area contributed by atoms with Gasteiger partial charge in [0.15, 0.2) is 4.05 Å². The minimum atomic E-state index is -0.796. The second-order valence-electron chi connectivity index (χ2n) is 1.43. The quantitative estimate of drug-likeness (QED) is 0.454. The first kappa shape index (κ1) is 10.2. The van der Waals surface area contributed by atoms with Crippen LogP contribution in [0, 0.1) is 0 Å². The Balaban J connectivity index is 3.68. The van der Waals surface area contributed by atoms with Crippen molar-refractivity contribution in [1.82, 2.24) is 11.1 Å². The third-order valence-corrected chi connectivity index (χ3v) is 2.03. The highest BCUT2D eigenvalue weighted by atomic mass is 127. The predicted octanol–water partition coefficient (Wildman–Crippen LogP) is 0.0681. The SMILES string of the molecule is [NH]C(=O)C(I)NC(=O)CBr. The molecule has 0 saturated heterocycles. The van der Waals surface area contributed by atoms with Crippen LogP contribution in [0.5, 0.6) is 0 Å². The van der Waals surface area contributed by atoms with Gasteiger partial charge in [-0.15, -0.1) is 0 Å². The van der Waals surface area contributed by atoms with Gasteiger partial charge in [-0.25, -0.2) is 0 Å². The molecule has 10 heavy (non-hydrogen) atoms. The highest BCUT2D eigenvalue weighted by Gasteiger charge is 2.12. The molecule has 0 fully saturated rings. The highest BCUT2D eigenvalue weighted by Crippen LogP contribution is 1.94. The molecule has 1 atom stereocenters. The van der Waals surface area contributed by atoms with Crippen LogP contribution < -0.4 is 11.1 Å². The molecule has 0 aromatic carbocycles. The molecule has 1 radical (unpaired) electrons. The van der Waals surface area contributed by atoms with Crippen LogP contribution in [0.25, 0.3) is 0 Å². The summed E-state index contributed by atoms with van der Waals surface area (Å²) in [6, 6.07) is 0. The van der Waals surface area contributed by atoms with Gasteiger partial charge in [0, 0.05) is 0 Å². The normalized spacial score (nSPS) is 12.2. The van der Waals surface area contributed by atoms with E-state index >= 15 is 0 Å². The first-order chi connectivity index (χ1) is 4.57. The predicted molar refractivity (Wildman–Crippen MR) is 47.8 cm³/mol. The van der Waals surface area contributed by atoms with E-state index in [9.17, 15) is 9.59 Å². The lowest BCUT2D eigenvalue weighted by molar-refractivity contribution is -0.123. The Bertz CT molecular complexity index is 152. The van der Waals surface area contributed by atoms with E-state index in [1.54, 1.807) is 22.6 Å². The molecule has 4 nitrogen and oxygen atoms in total. The van der Waals surface area contributed by atoms with Gasteiger partial charge in [0.25, 0.3) is 5.91 Å². The average Bonchev–Trinajstić information content (AvgIpc) is 1.87. The summed E-state index contributed by atoms with van der Waals surface area (Å²) in [6.07, 6.45) is 0. The summed E-state index contributed by atoms with van der Waals surface area (Å²) >= 11 is 4.58. The van der Waals surface area contributed by atoms with E-state index in [4.69, 9.17) is 5.73 Å². The third kappa shape index (κ3) is 4.04. The van der Waals surface area contributed by atoms with Crippen molar-refractivity contribution in [2.45, 2.75) is 4.05 Å². The maximum absolute atomic E-state index is 10.5. The average molecular weight is 320 g/mol. The summed E-state index contributed by atoms with van der Waals surface area (Å²) in [4.78, 5) is 20.8. The molecule has 2 N–H and O–H groups in total. The molecule has 0 aliphatic carbocycles. The van der Waals surface area contributed by atoms with Crippen LogP contribution in [0.4, 0.5) is 0 Å². The molecule has 0 saturated carbocycles. The van der Waals surface area contributed by atoms with Crippen LogP contribution in [-0.4, -0.2) is 21.2 Å². The number of nitrogens with one attached hydrogen (secondary N) is 2. The van der Waals surface area contributed by atoms with Gasteiger partial charge in [-0.3, -0.25) is 15.3 Å². The summed E-state index contributed by atoms with van der Waals surface area (Å²) in [5.74, 6) is -1.09. The van der Waals surface area contributed by atoms with Crippen molar-refractivity contribution in [3.05, 3.63) is 0 Å². The molecule has 0 bridgehead atoms. The Hall–Kier alpha value is 0.150. The number of carbonyl (C=O) groups is 2. The number of rotatable bonds is 3. The molecule has 0 aliphatic rings. The monoisotopic (exact) mass is 319 g/mol. The number of hydrogen-bond acceptors (Lipinski definition) is 2. The Morgan fingerprint density at radius 3 is 2.50 bits per heavy atom. The van der Waals surface area contributed by atoms with Crippen LogP contribution in [-0.2, 0) is 9.59 Å². The zero-order valence-electron chi connectivity index (χ0n) is 4.86. The molecule has 57 valence electrons. The van der Waals surface area contributed by atoms with Gasteiger partial charge >= 0.3 is 0 Å². The minimum Gasteiger partial charge on any atom is -0.335 e. The molecule has 2 amide bonds. The molecule has 0 rings (SSSR count). The molecule has 1 unspecified atom stereocenters. The number of amides is 2. The third-order valence-electron chi connectivity index (χ3n) is 0.639. The standard InChI is InChI=1S/C4H5BrIN2O2/c5-1-2(9)8-3(6)4(7)10/h3,7H,1H2,(H,8,9). The van der Waals surface area contributed by atoms with Crippen LogP contribution >= 0.6 is 38.5 Å². The van der Waals surface area contributed by atoms with Gasteiger partial charge < -0.3 is 5.32 Å². The van der Waals surface area contributed by atoms with Gasteiger partial charge in [-0.2, -0.15) is 0 Å². The fourth-order valence-electron chi connectivity index (χ4n) is 0.245. The van der Waals surface area contributed by atoms with Crippen LogP contribution in [0.2, 0.25) is 0 Å². The Morgan fingerprint density at radius 2 is 2.20 bits per heavy atom. The summed E-state index contributed by atoms with van der Waals surface area (Å²) in [7, 11) is 0. The van der Waals surface area contributed by atoms with E-state index in [2.05, 4.69) is 21.2 Å². The topological polar surface area (TPSA) is 70.0 Å². The van der Waals surface area contributed by atoms with Crippen molar-refractivity contribution >= 4 is 50.3 Å². The highest BCUT2D eigenvalue weighted by molar-refractivity contribution is 14.1. The van der Waals surface area contributed by atoms with Crippen molar-refractivity contribution in [3.8, 4) is 0 Å². The van der Waals surface area contributed by atoms with E-state index in [0.29, 0.717) is 0 Å². The zero-order chi connectivity index (χ0) is 8.15. The lowest BCUT2D eigenvalue weighted by Gasteiger charge is -2.04. The molecule has 0 aromatic heterocycles. The molecular formula is C4H5BrIN2O2. The van der Waals surface area contributed by atoms with Gasteiger partial charge in [0.05, 0.1) is 5.33 Å². The molecular weight excluding hydrogens is 315 g/mol. The summed E-state index contributed by atoms with van der Waals surface area (Å²) in [6.45, 7) is 0. The van der Waals surface area contributed by atoms with Crippen molar-refractivity contribution in [2.24, 2.45) is 0 Å². The van der Waals surface area contributed by atoms with E-state index in [1.807, 2.05) is 0 Å². The number of halogens is 2.